The van der Waals surface area contributed by atoms with Gasteiger partial charge in [-0.15, -0.1) is 0 Å². The molecule has 2 rings (SSSR count). The Labute approximate surface area is 88.8 Å². The van der Waals surface area contributed by atoms with Gasteiger partial charge in [-0.25, -0.2) is 4.57 Å². The van der Waals surface area contributed by atoms with Crippen LogP contribution < -0.4 is 9.05 Å². The highest BCUT2D eigenvalue weighted by Gasteiger charge is 2.42. The summed E-state index contributed by atoms with van der Waals surface area (Å²) in [6.45, 7) is 5.38. The Balaban J connectivity index is 2.22. The zero-order valence-corrected chi connectivity index (χ0v) is 9.78. The van der Waals surface area contributed by atoms with Gasteiger partial charge in [-0.05, 0) is 32.9 Å². The van der Waals surface area contributed by atoms with Gasteiger partial charge in [-0.1, -0.05) is 12.1 Å². The van der Waals surface area contributed by atoms with Gasteiger partial charge in [0.1, 0.15) is 0 Å². The Bertz CT molecular complexity index is 393. The lowest BCUT2D eigenvalue weighted by Crippen LogP contribution is -2.19. The van der Waals surface area contributed by atoms with Gasteiger partial charge in [0.15, 0.2) is 11.5 Å². The number of hydrogen-bond acceptors (Lipinski definition) is 4. The minimum absolute atomic E-state index is 0.463. The molecule has 0 N–H and O–H groups in total. The van der Waals surface area contributed by atoms with Gasteiger partial charge in [0.05, 0.1) is 5.60 Å². The Morgan fingerprint density at radius 1 is 1.13 bits per heavy atom. The summed E-state index contributed by atoms with van der Waals surface area (Å²) < 4.78 is 27.7. The number of fused-ring (bicyclic) bond motifs is 1. The Hall–Kier alpha value is -0.990. The van der Waals surface area contributed by atoms with Crippen LogP contribution >= 0.6 is 7.82 Å². The molecule has 0 spiro atoms. The number of phosphoric ester groups is 1. The molecule has 1 aliphatic rings. The minimum Gasteiger partial charge on any atom is -0.391 e. The summed E-state index contributed by atoms with van der Waals surface area (Å²) in [6, 6.07) is 6.96. The number of rotatable bonds is 1. The fraction of sp³-hybridized carbons (Fsp3) is 0.400. The van der Waals surface area contributed by atoms with Crippen LogP contribution in [0.4, 0.5) is 0 Å². The first-order chi connectivity index (χ1) is 6.88. The summed E-state index contributed by atoms with van der Waals surface area (Å²) in [4.78, 5) is 0. The maximum absolute atomic E-state index is 12.0. The largest absolute Gasteiger partial charge is 0.588 e. The van der Waals surface area contributed by atoms with Crippen molar-refractivity contribution in [1.29, 1.82) is 0 Å². The molecule has 0 aliphatic carbocycles. The molecule has 0 saturated heterocycles. The molecule has 5 heteroatoms. The van der Waals surface area contributed by atoms with Gasteiger partial charge in [0.25, 0.3) is 0 Å². The lowest BCUT2D eigenvalue weighted by Gasteiger charge is -2.21. The second-order valence-electron chi connectivity index (χ2n) is 4.28. The summed E-state index contributed by atoms with van der Waals surface area (Å²) in [5.41, 5.74) is -0.572. The SMILES string of the molecule is CC(C)(C)OP1(=O)Oc2ccccc2O1. The molecular formula is C10H13O4P. The molecule has 0 fully saturated rings. The topological polar surface area (TPSA) is 44.8 Å². The Kier molecular flexibility index (Phi) is 2.28. The molecule has 1 aromatic carbocycles. The molecule has 0 radical (unpaired) electrons. The molecule has 0 bridgehead atoms. The Morgan fingerprint density at radius 3 is 2.00 bits per heavy atom. The van der Waals surface area contributed by atoms with E-state index in [1.165, 1.54) is 0 Å². The van der Waals surface area contributed by atoms with Crippen molar-refractivity contribution in [2.45, 2.75) is 26.4 Å². The van der Waals surface area contributed by atoms with Crippen LogP contribution in [0, 0.1) is 0 Å². The van der Waals surface area contributed by atoms with Gasteiger partial charge >= 0.3 is 7.82 Å². The number of para-hydroxylation sites is 2. The van der Waals surface area contributed by atoms with Crippen LogP contribution in [0.15, 0.2) is 24.3 Å². The van der Waals surface area contributed by atoms with Gasteiger partial charge in [0.2, 0.25) is 0 Å². The van der Waals surface area contributed by atoms with Gasteiger partial charge in [-0.3, -0.25) is 4.52 Å². The van der Waals surface area contributed by atoms with Crippen LogP contribution in [0.25, 0.3) is 0 Å². The van der Waals surface area contributed by atoms with E-state index in [4.69, 9.17) is 13.6 Å². The van der Waals surface area contributed by atoms with Crippen LogP contribution in [-0.4, -0.2) is 5.60 Å². The van der Waals surface area contributed by atoms with E-state index < -0.39 is 13.4 Å². The average molecular weight is 228 g/mol. The van der Waals surface area contributed by atoms with Crippen molar-refractivity contribution in [3.8, 4) is 11.5 Å². The zero-order chi connectivity index (χ0) is 11.1. The molecule has 0 atom stereocenters. The van der Waals surface area contributed by atoms with E-state index in [1.54, 1.807) is 45.0 Å². The summed E-state index contributed by atoms with van der Waals surface area (Å²) >= 11 is 0. The molecule has 1 aliphatic heterocycles. The van der Waals surface area contributed by atoms with E-state index in [2.05, 4.69) is 0 Å². The van der Waals surface area contributed by atoms with Crippen molar-refractivity contribution in [2.75, 3.05) is 0 Å². The normalized spacial score (nSPS) is 17.8. The van der Waals surface area contributed by atoms with Crippen molar-refractivity contribution >= 4 is 7.82 Å². The monoisotopic (exact) mass is 228 g/mol. The van der Waals surface area contributed by atoms with Crippen LogP contribution in [0.1, 0.15) is 20.8 Å². The van der Waals surface area contributed by atoms with E-state index in [-0.39, 0.29) is 0 Å². The van der Waals surface area contributed by atoms with E-state index in [0.29, 0.717) is 11.5 Å². The zero-order valence-electron chi connectivity index (χ0n) is 8.89. The lowest BCUT2D eigenvalue weighted by molar-refractivity contribution is 0.0956. The molecular weight excluding hydrogens is 215 g/mol. The third-order valence-electron chi connectivity index (χ3n) is 1.66. The van der Waals surface area contributed by atoms with Crippen molar-refractivity contribution in [1.82, 2.24) is 0 Å². The summed E-state index contributed by atoms with van der Waals surface area (Å²) in [7, 11) is -3.47. The highest BCUT2D eigenvalue weighted by Crippen LogP contribution is 2.60. The quantitative estimate of drug-likeness (QED) is 0.691. The minimum atomic E-state index is -3.47. The third kappa shape index (κ3) is 2.33. The summed E-state index contributed by atoms with van der Waals surface area (Å²) in [6.07, 6.45) is 0. The molecule has 15 heavy (non-hydrogen) atoms. The number of hydrogen-bond donors (Lipinski definition) is 0. The predicted molar refractivity (Wildman–Crippen MR) is 56.1 cm³/mol. The fourth-order valence-corrected chi connectivity index (χ4v) is 2.80. The van der Waals surface area contributed by atoms with Crippen molar-refractivity contribution in [2.24, 2.45) is 0 Å². The van der Waals surface area contributed by atoms with Crippen molar-refractivity contribution in [3.05, 3.63) is 24.3 Å². The number of phosphoric acid groups is 1. The van der Waals surface area contributed by atoms with E-state index in [1.807, 2.05) is 0 Å². The molecule has 1 heterocycles. The first-order valence-corrected chi connectivity index (χ1v) is 6.13. The van der Waals surface area contributed by atoms with Gasteiger partial charge < -0.3 is 9.05 Å². The highest BCUT2D eigenvalue weighted by molar-refractivity contribution is 7.49. The van der Waals surface area contributed by atoms with Gasteiger partial charge in [0, 0.05) is 0 Å². The smallest absolute Gasteiger partial charge is 0.391 e. The van der Waals surface area contributed by atoms with Crippen LogP contribution in [0.5, 0.6) is 11.5 Å². The maximum atomic E-state index is 12.0. The third-order valence-corrected chi connectivity index (χ3v) is 3.27. The fourth-order valence-electron chi connectivity index (χ4n) is 1.23. The van der Waals surface area contributed by atoms with Gasteiger partial charge in [-0.2, -0.15) is 0 Å². The Morgan fingerprint density at radius 2 is 1.60 bits per heavy atom. The van der Waals surface area contributed by atoms with E-state index >= 15 is 0 Å². The highest BCUT2D eigenvalue weighted by atomic mass is 31.2. The maximum Gasteiger partial charge on any atom is 0.588 e. The number of benzene rings is 1. The van der Waals surface area contributed by atoms with Crippen LogP contribution in [-0.2, 0) is 9.09 Å². The summed E-state index contributed by atoms with van der Waals surface area (Å²) in [5.74, 6) is 0.926. The molecule has 0 saturated carbocycles. The molecule has 0 aromatic heterocycles. The molecule has 0 amide bonds. The lowest BCUT2D eigenvalue weighted by atomic mass is 10.2. The predicted octanol–water partition coefficient (Wildman–Crippen LogP) is 3.38. The second-order valence-corrected chi connectivity index (χ2v) is 5.72. The van der Waals surface area contributed by atoms with Crippen LogP contribution in [0.2, 0.25) is 0 Å². The van der Waals surface area contributed by atoms with Crippen LogP contribution in [0.3, 0.4) is 0 Å². The summed E-state index contributed by atoms with van der Waals surface area (Å²) in [5, 5.41) is 0. The first-order valence-electron chi connectivity index (χ1n) is 4.67. The van der Waals surface area contributed by atoms with Crippen molar-refractivity contribution in [3.63, 3.8) is 0 Å². The molecule has 82 valence electrons. The van der Waals surface area contributed by atoms with E-state index in [0.717, 1.165) is 0 Å². The van der Waals surface area contributed by atoms with E-state index in [9.17, 15) is 4.57 Å². The molecule has 4 nitrogen and oxygen atoms in total. The van der Waals surface area contributed by atoms with Crippen molar-refractivity contribution < 1.29 is 18.1 Å². The second kappa shape index (κ2) is 3.26. The average Bonchev–Trinajstić information content (AvgIpc) is 2.35. The molecule has 1 aromatic rings. The standard InChI is InChI=1S/C10H13O4P/c1-10(2,3)14-15(11)12-8-6-4-5-7-9(8)13-15/h4-7H,1-3H3. The first kappa shape index (κ1) is 10.5. The molecule has 0 unspecified atom stereocenters.